The molecule has 3 N–H and O–H groups in total. The van der Waals surface area contributed by atoms with Crippen LogP contribution in [0.15, 0.2) is 0 Å². The number of phosphoric ester groups is 2. The van der Waals surface area contributed by atoms with Gasteiger partial charge in [-0.2, -0.15) is 0 Å². The van der Waals surface area contributed by atoms with Gasteiger partial charge in [-0.05, 0) is 25.7 Å². The lowest BCUT2D eigenvalue weighted by atomic mass is 10.0. The number of aliphatic hydroxyl groups is 1. The molecular weight excluding hydrogens is 1310 g/mol. The van der Waals surface area contributed by atoms with E-state index in [9.17, 15) is 43.2 Å². The van der Waals surface area contributed by atoms with Crippen molar-refractivity contribution >= 4 is 39.5 Å². The Hall–Kier alpha value is -1.94. The summed E-state index contributed by atoms with van der Waals surface area (Å²) in [6, 6.07) is 0. The highest BCUT2D eigenvalue weighted by Crippen LogP contribution is 2.45. The number of hydrogen-bond donors (Lipinski definition) is 3. The minimum absolute atomic E-state index is 0.108. The Bertz CT molecular complexity index is 1890. The summed E-state index contributed by atoms with van der Waals surface area (Å²) in [6.07, 6.45) is 68.5. The van der Waals surface area contributed by atoms with Gasteiger partial charge in [0.1, 0.15) is 19.3 Å². The zero-order chi connectivity index (χ0) is 73.2. The number of carbonyl (C=O) groups excluding carboxylic acids is 4. The third kappa shape index (κ3) is 74.3. The van der Waals surface area contributed by atoms with Crippen molar-refractivity contribution in [1.29, 1.82) is 0 Å². The fourth-order valence-electron chi connectivity index (χ4n) is 12.6. The van der Waals surface area contributed by atoms with Gasteiger partial charge in [0.2, 0.25) is 0 Å². The van der Waals surface area contributed by atoms with E-state index in [0.29, 0.717) is 25.7 Å². The maximum absolute atomic E-state index is 13.1. The lowest BCUT2D eigenvalue weighted by Crippen LogP contribution is -2.30. The Labute approximate surface area is 613 Å². The van der Waals surface area contributed by atoms with E-state index in [1.165, 1.54) is 263 Å². The van der Waals surface area contributed by atoms with Gasteiger partial charge < -0.3 is 33.8 Å². The maximum Gasteiger partial charge on any atom is 0.472 e. The number of phosphoric acid groups is 2. The van der Waals surface area contributed by atoms with Gasteiger partial charge in [-0.3, -0.25) is 37.3 Å². The molecule has 17 nitrogen and oxygen atoms in total. The molecule has 0 spiro atoms. The lowest BCUT2D eigenvalue weighted by molar-refractivity contribution is -0.161. The first-order valence-electron chi connectivity index (χ1n) is 42.3. The van der Waals surface area contributed by atoms with Crippen LogP contribution in [0.25, 0.3) is 0 Å². The van der Waals surface area contributed by atoms with Crippen LogP contribution in [0, 0.1) is 0 Å². The molecule has 0 saturated carbocycles. The highest BCUT2D eigenvalue weighted by atomic mass is 31.2. The number of esters is 4. The highest BCUT2D eigenvalue weighted by molar-refractivity contribution is 7.47. The zero-order valence-electron chi connectivity index (χ0n) is 65.2. The van der Waals surface area contributed by atoms with Crippen LogP contribution >= 0.6 is 15.6 Å². The van der Waals surface area contributed by atoms with E-state index >= 15 is 0 Å². The average Bonchev–Trinajstić information content (AvgIpc) is 0.916. The average molecular weight is 1470 g/mol. The van der Waals surface area contributed by atoms with Crippen molar-refractivity contribution in [3.05, 3.63) is 0 Å². The van der Waals surface area contributed by atoms with Gasteiger partial charge in [-0.25, -0.2) is 9.13 Å². The molecule has 0 heterocycles. The normalized spacial score (nSPS) is 13.8. The van der Waals surface area contributed by atoms with Crippen molar-refractivity contribution in [1.82, 2.24) is 0 Å². The molecule has 19 heteroatoms. The summed E-state index contributed by atoms with van der Waals surface area (Å²) in [5, 5.41) is 10.6. The van der Waals surface area contributed by atoms with Gasteiger partial charge >= 0.3 is 39.5 Å². The van der Waals surface area contributed by atoms with Crippen molar-refractivity contribution < 1.29 is 80.2 Å². The van der Waals surface area contributed by atoms with Crippen LogP contribution in [0.3, 0.4) is 0 Å². The Balaban J connectivity index is 5.11. The van der Waals surface area contributed by atoms with E-state index in [-0.39, 0.29) is 25.7 Å². The van der Waals surface area contributed by atoms with Gasteiger partial charge in [-0.15, -0.1) is 0 Å². The van der Waals surface area contributed by atoms with Crippen LogP contribution < -0.4 is 0 Å². The molecule has 0 aromatic rings. The zero-order valence-corrected chi connectivity index (χ0v) is 67.0. The SMILES string of the molecule is CCCCCCCCCCCCCCCCCCCCCCCC(=O)O[C@H](COC(=O)CCCCCCCCCCCCCCCCCCCC)COP(=O)(O)OC[C@@H](O)COP(=O)(O)OC[C@@H](COC(=O)CCCCCCC)OC(=O)CCCCCCCCCCCCCCCCCC. The molecule has 0 saturated heterocycles. The van der Waals surface area contributed by atoms with Crippen molar-refractivity contribution in [2.24, 2.45) is 0 Å². The third-order valence-electron chi connectivity index (χ3n) is 19.1. The van der Waals surface area contributed by atoms with Crippen LogP contribution in [-0.4, -0.2) is 96.7 Å². The topological polar surface area (TPSA) is 237 Å². The number of rotatable bonds is 82. The van der Waals surface area contributed by atoms with Crippen molar-refractivity contribution in [3.63, 3.8) is 0 Å². The number of carbonyl (C=O) groups is 4. The van der Waals surface area contributed by atoms with E-state index in [2.05, 4.69) is 27.7 Å². The van der Waals surface area contributed by atoms with Crippen LogP contribution in [0.2, 0.25) is 0 Å². The summed E-state index contributed by atoms with van der Waals surface area (Å²) in [5.74, 6) is -2.12. The summed E-state index contributed by atoms with van der Waals surface area (Å²) in [5.41, 5.74) is 0. The Kier molecular flexibility index (Phi) is 73.8. The Morgan fingerprint density at radius 2 is 0.400 bits per heavy atom. The van der Waals surface area contributed by atoms with Crippen LogP contribution in [0.4, 0.5) is 0 Å². The van der Waals surface area contributed by atoms with Crippen LogP contribution in [0.1, 0.15) is 439 Å². The summed E-state index contributed by atoms with van der Waals surface area (Å²) < 4.78 is 68.5. The molecule has 0 aromatic carbocycles. The minimum Gasteiger partial charge on any atom is -0.462 e. The van der Waals surface area contributed by atoms with Gasteiger partial charge in [-0.1, -0.05) is 387 Å². The molecule has 0 amide bonds. The molecule has 0 rings (SSSR count). The largest absolute Gasteiger partial charge is 0.472 e. The summed E-state index contributed by atoms with van der Waals surface area (Å²) in [7, 11) is -9.91. The minimum atomic E-state index is -4.96. The first-order valence-corrected chi connectivity index (χ1v) is 45.3. The monoisotopic (exact) mass is 1470 g/mol. The quantitative estimate of drug-likeness (QED) is 0.0222. The molecule has 594 valence electrons. The second kappa shape index (κ2) is 75.3. The molecule has 0 radical (unpaired) electrons. The smallest absolute Gasteiger partial charge is 0.462 e. The molecule has 2 unspecified atom stereocenters. The van der Waals surface area contributed by atoms with E-state index in [4.69, 9.17) is 37.0 Å². The summed E-state index contributed by atoms with van der Waals surface area (Å²) in [6.45, 7) is 4.94. The van der Waals surface area contributed by atoms with E-state index < -0.39 is 97.5 Å². The van der Waals surface area contributed by atoms with Crippen molar-refractivity contribution in [2.75, 3.05) is 39.6 Å². The van der Waals surface area contributed by atoms with Crippen molar-refractivity contribution in [2.45, 2.75) is 457 Å². The highest BCUT2D eigenvalue weighted by Gasteiger charge is 2.30. The standard InChI is InChI=1S/C81H158O17P2/c1-5-9-13-17-20-23-26-29-32-35-37-38-39-41-44-47-50-53-56-60-64-68-81(86)98-77(72-92-79(84)66-62-58-54-51-48-45-43-40-36-33-30-27-24-21-18-14-10-6-2)74-96-100(89,90)94-70-75(82)69-93-99(87,88)95-73-76(71-91-78(83)65-61-57-16-12-8-4)97-80(85)67-63-59-55-52-49-46-42-34-31-28-25-22-19-15-11-7-3/h75-77,82H,5-74H2,1-4H3,(H,87,88)(H,89,90)/t75-,76+,77+/m0/s1. The fourth-order valence-corrected chi connectivity index (χ4v) is 14.2. The summed E-state index contributed by atoms with van der Waals surface area (Å²) >= 11 is 0. The molecule has 0 aliphatic heterocycles. The molecule has 100 heavy (non-hydrogen) atoms. The second-order valence-electron chi connectivity index (χ2n) is 29.2. The van der Waals surface area contributed by atoms with Gasteiger partial charge in [0.05, 0.1) is 26.4 Å². The molecule has 0 aliphatic carbocycles. The number of ether oxygens (including phenoxy) is 4. The molecule has 0 fully saturated rings. The van der Waals surface area contributed by atoms with Crippen LogP contribution in [-0.2, 0) is 65.4 Å². The molecule has 0 aliphatic rings. The number of aliphatic hydroxyl groups excluding tert-OH is 1. The van der Waals surface area contributed by atoms with Gasteiger partial charge in [0, 0.05) is 25.7 Å². The molecule has 5 atom stereocenters. The molecule has 0 aromatic heterocycles. The second-order valence-corrected chi connectivity index (χ2v) is 32.1. The van der Waals surface area contributed by atoms with Gasteiger partial charge in [0.25, 0.3) is 0 Å². The molecule has 0 bridgehead atoms. The predicted octanol–water partition coefficient (Wildman–Crippen LogP) is 24.6. The molecular formula is C81H158O17P2. The number of unbranched alkanes of at least 4 members (excludes halogenated alkanes) is 56. The third-order valence-corrected chi connectivity index (χ3v) is 21.0. The Morgan fingerprint density at radius 1 is 0.240 bits per heavy atom. The first kappa shape index (κ1) is 98.1. The van der Waals surface area contributed by atoms with Crippen molar-refractivity contribution in [3.8, 4) is 0 Å². The number of hydrogen-bond acceptors (Lipinski definition) is 15. The van der Waals surface area contributed by atoms with E-state index in [1.807, 2.05) is 0 Å². The predicted molar refractivity (Wildman–Crippen MR) is 409 cm³/mol. The van der Waals surface area contributed by atoms with Gasteiger partial charge in [0.15, 0.2) is 12.2 Å². The maximum atomic E-state index is 13.1. The Morgan fingerprint density at radius 3 is 0.590 bits per heavy atom. The van der Waals surface area contributed by atoms with E-state index in [1.54, 1.807) is 0 Å². The van der Waals surface area contributed by atoms with Crippen LogP contribution in [0.5, 0.6) is 0 Å². The summed E-state index contributed by atoms with van der Waals surface area (Å²) in [4.78, 5) is 72.7. The van der Waals surface area contributed by atoms with E-state index in [0.717, 1.165) is 96.3 Å². The lowest BCUT2D eigenvalue weighted by Gasteiger charge is -2.21. The first-order chi connectivity index (χ1) is 48.7. The fraction of sp³-hybridized carbons (Fsp3) is 0.951.